The molecule has 0 aliphatic carbocycles. The van der Waals surface area contributed by atoms with Crippen LogP contribution < -0.4 is 10.1 Å². The molecule has 25 heavy (non-hydrogen) atoms. The first-order valence-electron chi connectivity index (χ1n) is 7.43. The van der Waals surface area contributed by atoms with Crippen molar-refractivity contribution in [1.29, 1.82) is 0 Å². The molecule has 2 rings (SSSR count). The second-order valence-electron chi connectivity index (χ2n) is 5.25. The first kappa shape index (κ1) is 19.1. The standard InChI is InChI=1S/C17H19ClN2O4S/c1-20(10-12-5-7-15(18)25-12)17(22)19-9-11-4-6-14(23-2)13(8-11)16(21)24-3/h4-8H,9-10H2,1-3H3,(H,19,22). The van der Waals surface area contributed by atoms with Crippen LogP contribution in [0.3, 0.4) is 0 Å². The number of hydrogen-bond acceptors (Lipinski definition) is 5. The van der Waals surface area contributed by atoms with Crippen molar-refractivity contribution in [1.82, 2.24) is 10.2 Å². The molecular formula is C17H19ClN2O4S. The zero-order chi connectivity index (χ0) is 18.4. The number of hydrogen-bond donors (Lipinski definition) is 1. The molecule has 6 nitrogen and oxygen atoms in total. The van der Waals surface area contributed by atoms with Crippen molar-refractivity contribution in [3.05, 3.63) is 50.7 Å². The zero-order valence-corrected chi connectivity index (χ0v) is 15.7. The van der Waals surface area contributed by atoms with Crippen LogP contribution in [0.4, 0.5) is 4.79 Å². The van der Waals surface area contributed by atoms with E-state index in [-0.39, 0.29) is 12.6 Å². The van der Waals surface area contributed by atoms with E-state index in [2.05, 4.69) is 5.32 Å². The van der Waals surface area contributed by atoms with Crippen LogP contribution in [-0.2, 0) is 17.8 Å². The molecule has 1 N–H and O–H groups in total. The molecule has 134 valence electrons. The van der Waals surface area contributed by atoms with Crippen molar-refractivity contribution in [3.8, 4) is 5.75 Å². The highest BCUT2D eigenvalue weighted by molar-refractivity contribution is 7.16. The Kier molecular flexibility index (Phi) is 6.66. The third-order valence-electron chi connectivity index (χ3n) is 3.48. The molecule has 0 spiro atoms. The highest BCUT2D eigenvalue weighted by Crippen LogP contribution is 2.23. The van der Waals surface area contributed by atoms with Crippen LogP contribution in [-0.4, -0.2) is 38.2 Å². The van der Waals surface area contributed by atoms with Gasteiger partial charge in [0.2, 0.25) is 0 Å². The Bertz CT molecular complexity index is 763. The smallest absolute Gasteiger partial charge is 0.341 e. The average Bonchev–Trinajstić information content (AvgIpc) is 3.03. The molecule has 0 aliphatic heterocycles. The lowest BCUT2D eigenvalue weighted by atomic mass is 10.1. The Morgan fingerprint density at radius 3 is 2.60 bits per heavy atom. The van der Waals surface area contributed by atoms with Crippen LogP contribution in [0.1, 0.15) is 20.8 Å². The highest BCUT2D eigenvalue weighted by atomic mass is 35.5. The van der Waals surface area contributed by atoms with E-state index < -0.39 is 5.97 Å². The molecule has 1 heterocycles. The normalized spacial score (nSPS) is 10.2. The maximum atomic E-state index is 12.2. The Labute approximate surface area is 155 Å². The number of rotatable bonds is 6. The fourth-order valence-electron chi connectivity index (χ4n) is 2.19. The Morgan fingerprint density at radius 2 is 2.00 bits per heavy atom. The van der Waals surface area contributed by atoms with E-state index in [0.717, 1.165) is 10.4 Å². The van der Waals surface area contributed by atoms with E-state index in [4.69, 9.17) is 21.1 Å². The fraction of sp³-hybridized carbons (Fsp3) is 0.294. The van der Waals surface area contributed by atoms with Gasteiger partial charge in [0.1, 0.15) is 11.3 Å². The lowest BCUT2D eigenvalue weighted by Crippen LogP contribution is -2.36. The average molecular weight is 383 g/mol. The molecular weight excluding hydrogens is 364 g/mol. The summed E-state index contributed by atoms with van der Waals surface area (Å²) in [6.45, 7) is 0.752. The maximum Gasteiger partial charge on any atom is 0.341 e. The number of nitrogens with one attached hydrogen (secondary N) is 1. The molecule has 0 radical (unpaired) electrons. The van der Waals surface area contributed by atoms with Crippen molar-refractivity contribution in [2.24, 2.45) is 0 Å². The zero-order valence-electron chi connectivity index (χ0n) is 14.2. The van der Waals surface area contributed by atoms with Crippen molar-refractivity contribution < 1.29 is 19.1 Å². The van der Waals surface area contributed by atoms with Gasteiger partial charge in [-0.05, 0) is 29.8 Å². The molecule has 1 aromatic heterocycles. The number of benzene rings is 1. The van der Waals surface area contributed by atoms with Gasteiger partial charge >= 0.3 is 12.0 Å². The van der Waals surface area contributed by atoms with Crippen molar-refractivity contribution >= 4 is 34.9 Å². The quantitative estimate of drug-likeness (QED) is 0.776. The molecule has 1 aromatic carbocycles. The molecule has 0 bridgehead atoms. The largest absolute Gasteiger partial charge is 0.496 e. The summed E-state index contributed by atoms with van der Waals surface area (Å²) in [6, 6.07) is 8.57. The number of carbonyl (C=O) groups is 2. The van der Waals surface area contributed by atoms with Gasteiger partial charge in [-0.25, -0.2) is 9.59 Å². The molecule has 0 aliphatic rings. The monoisotopic (exact) mass is 382 g/mol. The van der Waals surface area contributed by atoms with Gasteiger partial charge in [0.05, 0.1) is 25.1 Å². The molecule has 0 unspecified atom stereocenters. The number of carbonyl (C=O) groups excluding carboxylic acids is 2. The minimum absolute atomic E-state index is 0.222. The van der Waals surface area contributed by atoms with Crippen LogP contribution in [0.25, 0.3) is 0 Å². The summed E-state index contributed by atoms with van der Waals surface area (Å²) >= 11 is 7.33. The fourth-order valence-corrected chi connectivity index (χ4v) is 3.33. The topological polar surface area (TPSA) is 67.9 Å². The number of esters is 1. The number of thiophene rings is 1. The van der Waals surface area contributed by atoms with Crippen molar-refractivity contribution in [2.75, 3.05) is 21.3 Å². The number of nitrogens with zero attached hydrogens (tertiary/aromatic N) is 1. The maximum absolute atomic E-state index is 12.2. The van der Waals surface area contributed by atoms with Gasteiger partial charge in [-0.15, -0.1) is 11.3 Å². The van der Waals surface area contributed by atoms with Crippen molar-refractivity contribution in [2.45, 2.75) is 13.1 Å². The van der Waals surface area contributed by atoms with E-state index in [0.29, 0.717) is 22.2 Å². The van der Waals surface area contributed by atoms with Gasteiger partial charge in [-0.2, -0.15) is 0 Å². The molecule has 0 saturated heterocycles. The van der Waals surface area contributed by atoms with Gasteiger partial charge in [0.15, 0.2) is 0 Å². The van der Waals surface area contributed by atoms with Gasteiger partial charge in [-0.3, -0.25) is 0 Å². The van der Waals surface area contributed by atoms with Crippen LogP contribution in [0, 0.1) is 0 Å². The summed E-state index contributed by atoms with van der Waals surface area (Å²) < 4.78 is 10.6. The van der Waals surface area contributed by atoms with Gasteiger partial charge < -0.3 is 19.7 Å². The first-order chi connectivity index (χ1) is 11.9. The number of halogens is 1. The van der Waals surface area contributed by atoms with E-state index in [1.807, 2.05) is 6.07 Å². The summed E-state index contributed by atoms with van der Waals surface area (Å²) in [5.74, 6) is -0.0645. The third-order valence-corrected chi connectivity index (χ3v) is 4.70. The summed E-state index contributed by atoms with van der Waals surface area (Å²) in [6.07, 6.45) is 0. The Morgan fingerprint density at radius 1 is 1.24 bits per heavy atom. The predicted octanol–water partition coefficient (Wildman–Crippen LogP) is 3.54. The van der Waals surface area contributed by atoms with Crippen LogP contribution >= 0.6 is 22.9 Å². The first-order valence-corrected chi connectivity index (χ1v) is 8.62. The Hall–Kier alpha value is -2.25. The molecule has 2 aromatic rings. The molecule has 2 amide bonds. The van der Waals surface area contributed by atoms with Crippen LogP contribution in [0.5, 0.6) is 5.75 Å². The minimum atomic E-state index is -0.489. The third kappa shape index (κ3) is 5.11. The highest BCUT2D eigenvalue weighted by Gasteiger charge is 2.15. The van der Waals surface area contributed by atoms with Gasteiger partial charge in [0, 0.05) is 18.5 Å². The lowest BCUT2D eigenvalue weighted by molar-refractivity contribution is 0.0597. The summed E-state index contributed by atoms with van der Waals surface area (Å²) in [5.41, 5.74) is 1.08. The second kappa shape index (κ2) is 8.73. The van der Waals surface area contributed by atoms with E-state index in [9.17, 15) is 9.59 Å². The van der Waals surface area contributed by atoms with E-state index in [1.165, 1.54) is 25.6 Å². The van der Waals surface area contributed by atoms with Crippen molar-refractivity contribution in [3.63, 3.8) is 0 Å². The summed E-state index contributed by atoms with van der Waals surface area (Å²) in [4.78, 5) is 26.5. The number of methoxy groups -OCH3 is 2. The number of ether oxygens (including phenoxy) is 2. The van der Waals surface area contributed by atoms with Gasteiger partial charge in [-0.1, -0.05) is 17.7 Å². The molecule has 0 atom stereocenters. The van der Waals surface area contributed by atoms with Gasteiger partial charge in [0.25, 0.3) is 0 Å². The lowest BCUT2D eigenvalue weighted by Gasteiger charge is -2.17. The minimum Gasteiger partial charge on any atom is -0.496 e. The van der Waals surface area contributed by atoms with E-state index in [1.54, 1.807) is 36.2 Å². The molecule has 0 saturated carbocycles. The molecule has 0 fully saturated rings. The van der Waals surface area contributed by atoms with Crippen LogP contribution in [0.15, 0.2) is 30.3 Å². The van der Waals surface area contributed by atoms with Crippen LogP contribution in [0.2, 0.25) is 4.34 Å². The summed E-state index contributed by atoms with van der Waals surface area (Å²) in [5, 5.41) is 2.81. The number of urea groups is 1. The second-order valence-corrected chi connectivity index (χ2v) is 7.05. The molecule has 8 heteroatoms. The SMILES string of the molecule is COC(=O)c1cc(CNC(=O)N(C)Cc2ccc(Cl)s2)ccc1OC. The predicted molar refractivity (Wildman–Crippen MR) is 97.4 cm³/mol. The Balaban J connectivity index is 1.97. The summed E-state index contributed by atoms with van der Waals surface area (Å²) in [7, 11) is 4.49. The number of amides is 2. The van der Waals surface area contributed by atoms with E-state index >= 15 is 0 Å².